The summed E-state index contributed by atoms with van der Waals surface area (Å²) in [6, 6.07) is 3.35. The maximum absolute atomic E-state index is 11.7. The normalized spacial score (nSPS) is 24.2. The van der Waals surface area contributed by atoms with Gasteiger partial charge in [0.15, 0.2) is 0 Å². The quantitative estimate of drug-likeness (QED) is 0.808. The second-order valence-corrected chi connectivity index (χ2v) is 4.60. The monoisotopic (exact) mass is 239 g/mol. The SMILES string of the molecule is CCOC(=O)C1NC(=O)CC1c1cccs1. The van der Waals surface area contributed by atoms with Crippen molar-refractivity contribution in [1.82, 2.24) is 5.32 Å². The molecule has 16 heavy (non-hydrogen) atoms. The van der Waals surface area contributed by atoms with Crippen molar-refractivity contribution < 1.29 is 14.3 Å². The number of hydrogen-bond donors (Lipinski definition) is 1. The number of amides is 1. The Morgan fingerprint density at radius 1 is 1.69 bits per heavy atom. The average molecular weight is 239 g/mol. The summed E-state index contributed by atoms with van der Waals surface area (Å²) in [6.07, 6.45) is 0.365. The Balaban J connectivity index is 2.16. The second-order valence-electron chi connectivity index (χ2n) is 3.62. The molecule has 0 radical (unpaired) electrons. The number of thiophene rings is 1. The first-order valence-corrected chi connectivity index (χ1v) is 6.09. The predicted molar refractivity (Wildman–Crippen MR) is 60.2 cm³/mol. The molecule has 5 heteroatoms. The molecule has 1 aromatic rings. The molecule has 1 N–H and O–H groups in total. The van der Waals surface area contributed by atoms with Crippen molar-refractivity contribution in [1.29, 1.82) is 0 Å². The minimum Gasteiger partial charge on any atom is -0.464 e. The van der Waals surface area contributed by atoms with Gasteiger partial charge >= 0.3 is 5.97 Å². The van der Waals surface area contributed by atoms with Crippen LogP contribution in [0, 0.1) is 0 Å². The Morgan fingerprint density at radius 2 is 2.50 bits per heavy atom. The van der Waals surface area contributed by atoms with Gasteiger partial charge in [-0.05, 0) is 18.4 Å². The minimum absolute atomic E-state index is 0.0773. The van der Waals surface area contributed by atoms with Gasteiger partial charge in [-0.25, -0.2) is 4.79 Å². The molecule has 2 rings (SSSR count). The van der Waals surface area contributed by atoms with Crippen molar-refractivity contribution in [3.05, 3.63) is 22.4 Å². The molecule has 86 valence electrons. The van der Waals surface area contributed by atoms with Crippen LogP contribution < -0.4 is 5.32 Å². The molecule has 4 nitrogen and oxygen atoms in total. The highest BCUT2D eigenvalue weighted by atomic mass is 32.1. The van der Waals surface area contributed by atoms with Crippen LogP contribution in [0.2, 0.25) is 0 Å². The standard InChI is InChI=1S/C11H13NO3S/c1-2-15-11(14)10-7(6-9(13)12-10)8-4-3-5-16-8/h3-5,7,10H,2,6H2,1H3,(H,12,13). The summed E-state index contributed by atoms with van der Waals surface area (Å²) >= 11 is 1.56. The topological polar surface area (TPSA) is 55.4 Å². The molecule has 2 unspecified atom stereocenters. The van der Waals surface area contributed by atoms with Crippen molar-refractivity contribution in [3.63, 3.8) is 0 Å². The van der Waals surface area contributed by atoms with Crippen LogP contribution >= 0.6 is 11.3 Å². The van der Waals surface area contributed by atoms with Gasteiger partial charge in [-0.15, -0.1) is 11.3 Å². The lowest BCUT2D eigenvalue weighted by Gasteiger charge is -2.15. The molecule has 0 saturated carbocycles. The molecule has 2 atom stereocenters. The summed E-state index contributed by atoms with van der Waals surface area (Å²) in [5, 5.41) is 4.61. The van der Waals surface area contributed by atoms with E-state index in [1.807, 2.05) is 17.5 Å². The zero-order chi connectivity index (χ0) is 11.5. The molecular formula is C11H13NO3S. The summed E-state index contributed by atoms with van der Waals surface area (Å²) in [6.45, 7) is 2.09. The number of carbonyl (C=O) groups excluding carboxylic acids is 2. The van der Waals surface area contributed by atoms with E-state index in [2.05, 4.69) is 5.32 Å². The molecule has 1 saturated heterocycles. The summed E-state index contributed by atoms with van der Waals surface area (Å²) in [5.41, 5.74) is 0. The van der Waals surface area contributed by atoms with Gasteiger partial charge in [0.25, 0.3) is 0 Å². The van der Waals surface area contributed by atoms with Crippen molar-refractivity contribution in [3.8, 4) is 0 Å². The summed E-state index contributed by atoms with van der Waals surface area (Å²) in [4.78, 5) is 24.1. The molecule has 1 aliphatic heterocycles. The third-order valence-electron chi connectivity index (χ3n) is 2.57. The zero-order valence-corrected chi connectivity index (χ0v) is 9.75. The summed E-state index contributed by atoms with van der Waals surface area (Å²) < 4.78 is 4.95. The van der Waals surface area contributed by atoms with Crippen LogP contribution in [0.5, 0.6) is 0 Å². The van der Waals surface area contributed by atoms with Crippen LogP contribution in [0.1, 0.15) is 24.1 Å². The van der Waals surface area contributed by atoms with Crippen LogP contribution in [0.3, 0.4) is 0 Å². The summed E-state index contributed by atoms with van der Waals surface area (Å²) in [5.74, 6) is -0.505. The maximum atomic E-state index is 11.7. The van der Waals surface area contributed by atoms with E-state index in [4.69, 9.17) is 4.74 Å². The molecule has 2 heterocycles. The number of esters is 1. The van der Waals surface area contributed by atoms with E-state index in [1.54, 1.807) is 18.3 Å². The lowest BCUT2D eigenvalue weighted by atomic mass is 9.99. The molecule has 0 aromatic carbocycles. The van der Waals surface area contributed by atoms with E-state index < -0.39 is 6.04 Å². The number of carbonyl (C=O) groups is 2. The van der Waals surface area contributed by atoms with Gasteiger partial charge in [0.2, 0.25) is 5.91 Å². The first-order valence-electron chi connectivity index (χ1n) is 5.21. The third-order valence-corrected chi connectivity index (χ3v) is 3.58. The Hall–Kier alpha value is -1.36. The first-order chi connectivity index (χ1) is 7.72. The lowest BCUT2D eigenvalue weighted by molar-refractivity contribution is -0.146. The van der Waals surface area contributed by atoms with Gasteiger partial charge in [0.1, 0.15) is 6.04 Å². The number of hydrogen-bond acceptors (Lipinski definition) is 4. The van der Waals surface area contributed by atoms with Gasteiger partial charge in [-0.2, -0.15) is 0 Å². The Kier molecular flexibility index (Phi) is 3.24. The fourth-order valence-corrected chi connectivity index (χ4v) is 2.74. The van der Waals surface area contributed by atoms with Crippen molar-refractivity contribution in [2.24, 2.45) is 0 Å². The Morgan fingerprint density at radius 3 is 3.12 bits per heavy atom. The van der Waals surface area contributed by atoms with Gasteiger partial charge in [-0.1, -0.05) is 6.07 Å². The van der Waals surface area contributed by atoms with Gasteiger partial charge in [0, 0.05) is 17.2 Å². The molecule has 0 bridgehead atoms. The van der Waals surface area contributed by atoms with Crippen LogP contribution in [0.4, 0.5) is 0 Å². The van der Waals surface area contributed by atoms with Gasteiger partial charge in [0.05, 0.1) is 6.61 Å². The highest BCUT2D eigenvalue weighted by Gasteiger charge is 2.39. The molecule has 1 aliphatic rings. The summed E-state index contributed by atoms with van der Waals surface area (Å²) in [7, 11) is 0. The zero-order valence-electron chi connectivity index (χ0n) is 8.93. The van der Waals surface area contributed by atoms with Crippen molar-refractivity contribution in [2.75, 3.05) is 6.61 Å². The largest absolute Gasteiger partial charge is 0.464 e. The van der Waals surface area contributed by atoms with E-state index in [1.165, 1.54) is 0 Å². The number of nitrogens with one attached hydrogen (secondary N) is 1. The highest BCUT2D eigenvalue weighted by Crippen LogP contribution is 2.32. The molecule has 0 spiro atoms. The highest BCUT2D eigenvalue weighted by molar-refractivity contribution is 7.10. The second kappa shape index (κ2) is 4.65. The van der Waals surface area contributed by atoms with Crippen LogP contribution in [-0.4, -0.2) is 24.5 Å². The number of ether oxygens (including phenoxy) is 1. The lowest BCUT2D eigenvalue weighted by Crippen LogP contribution is -2.37. The fraction of sp³-hybridized carbons (Fsp3) is 0.455. The fourth-order valence-electron chi connectivity index (χ4n) is 1.87. The maximum Gasteiger partial charge on any atom is 0.329 e. The molecule has 1 fully saturated rings. The third kappa shape index (κ3) is 2.09. The van der Waals surface area contributed by atoms with Gasteiger partial charge < -0.3 is 10.1 Å². The minimum atomic E-state index is -0.522. The smallest absolute Gasteiger partial charge is 0.329 e. The van der Waals surface area contributed by atoms with Crippen LogP contribution in [0.15, 0.2) is 17.5 Å². The molecule has 0 aliphatic carbocycles. The van der Waals surface area contributed by atoms with E-state index in [9.17, 15) is 9.59 Å². The predicted octanol–water partition coefficient (Wildman–Crippen LogP) is 1.28. The van der Waals surface area contributed by atoms with E-state index in [0.29, 0.717) is 13.0 Å². The average Bonchev–Trinajstić information content (AvgIpc) is 2.85. The van der Waals surface area contributed by atoms with Crippen molar-refractivity contribution >= 4 is 23.2 Å². The Bertz CT molecular complexity index is 388. The van der Waals surface area contributed by atoms with E-state index >= 15 is 0 Å². The van der Waals surface area contributed by atoms with E-state index in [-0.39, 0.29) is 17.8 Å². The van der Waals surface area contributed by atoms with Crippen LogP contribution in [0.25, 0.3) is 0 Å². The molecule has 1 aromatic heterocycles. The van der Waals surface area contributed by atoms with Crippen LogP contribution in [-0.2, 0) is 14.3 Å². The first kappa shape index (κ1) is 11.1. The molecule has 1 amide bonds. The Labute approximate surface area is 97.6 Å². The van der Waals surface area contributed by atoms with Gasteiger partial charge in [-0.3, -0.25) is 4.79 Å². The van der Waals surface area contributed by atoms with E-state index in [0.717, 1.165) is 4.88 Å². The van der Waals surface area contributed by atoms with Crippen molar-refractivity contribution in [2.45, 2.75) is 25.3 Å². The number of rotatable bonds is 3. The molecular weight excluding hydrogens is 226 g/mol.